The van der Waals surface area contributed by atoms with Crippen molar-refractivity contribution in [1.29, 1.82) is 0 Å². The zero-order valence-electron chi connectivity index (χ0n) is 17.1. The van der Waals surface area contributed by atoms with Crippen LogP contribution >= 0.6 is 0 Å². The minimum atomic E-state index is -4.29. The Kier molecular flexibility index (Phi) is 7.26. The summed E-state index contributed by atoms with van der Waals surface area (Å²) in [6.07, 6.45) is -1.85. The maximum absolute atomic E-state index is 12.4. The third kappa shape index (κ3) is 6.14. The molecule has 3 N–H and O–H groups in total. The molecular formula is C20H22F3N5O4. The van der Waals surface area contributed by atoms with E-state index >= 15 is 0 Å². The number of carbonyl (C=O) groups is 1. The maximum atomic E-state index is 12.4. The van der Waals surface area contributed by atoms with Crippen molar-refractivity contribution in [3.05, 3.63) is 47.5 Å². The summed E-state index contributed by atoms with van der Waals surface area (Å²) in [7, 11) is 0. The number of nitrogens with zero attached hydrogens (tertiary/aromatic N) is 4. The quantitative estimate of drug-likeness (QED) is 0.450. The van der Waals surface area contributed by atoms with Crippen molar-refractivity contribution in [2.24, 2.45) is 0 Å². The Labute approximate surface area is 180 Å². The van der Waals surface area contributed by atoms with E-state index in [0.29, 0.717) is 23.0 Å². The van der Waals surface area contributed by atoms with Gasteiger partial charge in [-0.3, -0.25) is 14.5 Å². The van der Waals surface area contributed by atoms with Crippen LogP contribution in [0.25, 0.3) is 10.9 Å². The van der Waals surface area contributed by atoms with E-state index in [1.165, 1.54) is 12.4 Å². The van der Waals surface area contributed by atoms with Crippen molar-refractivity contribution in [3.63, 3.8) is 0 Å². The molecule has 1 amide bonds. The van der Waals surface area contributed by atoms with E-state index < -0.39 is 37.8 Å². The van der Waals surface area contributed by atoms with Crippen molar-refractivity contribution in [3.8, 4) is 5.88 Å². The summed E-state index contributed by atoms with van der Waals surface area (Å²) in [6, 6.07) is 3.39. The van der Waals surface area contributed by atoms with Gasteiger partial charge in [0, 0.05) is 30.7 Å². The number of carbonyl (C=O) groups excluding carboxylic acids is 1. The number of nitrogens with one attached hydrogen (secondary N) is 1. The summed E-state index contributed by atoms with van der Waals surface area (Å²) in [4.78, 5) is 20.6. The number of hydrogen-bond acceptors (Lipinski definition) is 7. The predicted molar refractivity (Wildman–Crippen MR) is 107 cm³/mol. The Hall–Kier alpha value is -3.25. The first kappa shape index (κ1) is 23.4. The molecule has 3 heterocycles. The Morgan fingerprint density at radius 1 is 1.34 bits per heavy atom. The van der Waals surface area contributed by atoms with E-state index in [-0.39, 0.29) is 18.1 Å². The van der Waals surface area contributed by atoms with E-state index in [1.807, 2.05) is 0 Å². The smallest absolute Gasteiger partial charge is 0.392 e. The average molecular weight is 453 g/mol. The molecule has 0 aliphatic carbocycles. The van der Waals surface area contributed by atoms with Crippen LogP contribution in [-0.4, -0.2) is 67.9 Å². The number of hydrogen-bond donors (Lipinski definition) is 3. The lowest BCUT2D eigenvalue weighted by Gasteiger charge is -2.11. The van der Waals surface area contributed by atoms with Crippen molar-refractivity contribution < 1.29 is 32.9 Å². The van der Waals surface area contributed by atoms with Gasteiger partial charge in [0.2, 0.25) is 5.88 Å². The van der Waals surface area contributed by atoms with Gasteiger partial charge in [0.1, 0.15) is 5.69 Å². The Morgan fingerprint density at radius 2 is 2.12 bits per heavy atom. The van der Waals surface area contributed by atoms with Crippen molar-refractivity contribution in [1.82, 2.24) is 25.1 Å². The molecule has 0 fully saturated rings. The molecule has 3 aromatic heterocycles. The molecule has 0 radical (unpaired) electrons. The fraction of sp³-hybridized carbons (Fsp3) is 0.400. The van der Waals surface area contributed by atoms with Crippen LogP contribution in [0.5, 0.6) is 5.88 Å². The number of aliphatic hydroxyl groups is 2. The molecule has 0 aliphatic heterocycles. The van der Waals surface area contributed by atoms with Gasteiger partial charge in [-0.05, 0) is 24.6 Å². The SMILES string of the molecule is Cc1cc(Cn2cc3c(C(=O)NC[C@@H](O)CO)nccc3n2)cnc1OCCC(F)(F)F. The molecule has 172 valence electrons. The zero-order valence-corrected chi connectivity index (χ0v) is 17.1. The summed E-state index contributed by atoms with van der Waals surface area (Å²) >= 11 is 0. The van der Waals surface area contributed by atoms with Gasteiger partial charge in [-0.2, -0.15) is 18.3 Å². The van der Waals surface area contributed by atoms with Crippen LogP contribution in [0.15, 0.2) is 30.7 Å². The second kappa shape index (κ2) is 9.92. The lowest BCUT2D eigenvalue weighted by atomic mass is 10.2. The molecule has 0 saturated heterocycles. The van der Waals surface area contributed by atoms with Gasteiger partial charge in [-0.15, -0.1) is 0 Å². The maximum Gasteiger partial charge on any atom is 0.392 e. The van der Waals surface area contributed by atoms with E-state index in [2.05, 4.69) is 20.4 Å². The summed E-state index contributed by atoms with van der Waals surface area (Å²) in [6.45, 7) is 0.884. The summed E-state index contributed by atoms with van der Waals surface area (Å²) in [5.41, 5.74) is 1.99. The minimum absolute atomic E-state index is 0.121. The van der Waals surface area contributed by atoms with Crippen LogP contribution in [0.1, 0.15) is 28.0 Å². The molecule has 9 nitrogen and oxygen atoms in total. The third-order valence-corrected chi connectivity index (χ3v) is 4.46. The van der Waals surface area contributed by atoms with Crippen LogP contribution < -0.4 is 10.1 Å². The van der Waals surface area contributed by atoms with Crippen LogP contribution in [0.2, 0.25) is 0 Å². The highest BCUT2D eigenvalue weighted by Gasteiger charge is 2.27. The zero-order chi connectivity index (χ0) is 23.3. The minimum Gasteiger partial charge on any atom is -0.477 e. The molecule has 3 aromatic rings. The molecular weight excluding hydrogens is 431 g/mol. The normalized spacial score (nSPS) is 12.7. The number of halogens is 3. The first-order chi connectivity index (χ1) is 15.2. The number of alkyl halides is 3. The topological polar surface area (TPSA) is 122 Å². The Balaban J connectivity index is 1.71. The molecule has 0 bridgehead atoms. The number of ether oxygens (including phenoxy) is 1. The highest BCUT2D eigenvalue weighted by atomic mass is 19.4. The number of aliphatic hydroxyl groups excluding tert-OH is 2. The molecule has 0 unspecified atom stereocenters. The average Bonchev–Trinajstić information content (AvgIpc) is 3.14. The second-order valence-electron chi connectivity index (χ2n) is 7.14. The van der Waals surface area contributed by atoms with Crippen LogP contribution in [0, 0.1) is 6.92 Å². The molecule has 1 atom stereocenters. The van der Waals surface area contributed by atoms with Gasteiger partial charge >= 0.3 is 6.18 Å². The summed E-state index contributed by atoms with van der Waals surface area (Å²) in [5.74, 6) is -0.377. The van der Waals surface area contributed by atoms with Gasteiger partial charge in [0.25, 0.3) is 5.91 Å². The molecule has 12 heteroatoms. The fourth-order valence-corrected chi connectivity index (χ4v) is 2.92. The Bertz CT molecular complexity index is 1090. The lowest BCUT2D eigenvalue weighted by Crippen LogP contribution is -2.34. The van der Waals surface area contributed by atoms with E-state index in [0.717, 1.165) is 5.56 Å². The number of amides is 1. The van der Waals surface area contributed by atoms with E-state index in [1.54, 1.807) is 29.9 Å². The third-order valence-electron chi connectivity index (χ3n) is 4.46. The number of aryl methyl sites for hydroxylation is 1. The number of aromatic nitrogens is 4. The summed E-state index contributed by atoms with van der Waals surface area (Å²) in [5, 5.41) is 25.7. The largest absolute Gasteiger partial charge is 0.477 e. The lowest BCUT2D eigenvalue weighted by molar-refractivity contribution is -0.139. The summed E-state index contributed by atoms with van der Waals surface area (Å²) < 4.78 is 43.5. The van der Waals surface area contributed by atoms with Crippen molar-refractivity contribution in [2.45, 2.75) is 32.2 Å². The molecule has 0 saturated carbocycles. The molecule has 32 heavy (non-hydrogen) atoms. The van der Waals surface area contributed by atoms with E-state index in [9.17, 15) is 23.1 Å². The van der Waals surface area contributed by atoms with Crippen LogP contribution in [0.3, 0.4) is 0 Å². The predicted octanol–water partition coefficient (Wildman–Crippen LogP) is 1.60. The number of rotatable bonds is 9. The molecule has 3 rings (SSSR count). The standard InChI is InChI=1S/C20H22F3N5O4/c1-12-6-13(7-26-19(12)32-5-3-20(21,22)23)9-28-10-15-16(27-28)2-4-24-17(15)18(31)25-8-14(30)11-29/h2,4,6-7,10,14,29-30H,3,5,8-9,11H2,1H3,(H,25,31)/t14-/m1/s1. The van der Waals surface area contributed by atoms with Crippen molar-refractivity contribution >= 4 is 16.8 Å². The van der Waals surface area contributed by atoms with Gasteiger partial charge < -0.3 is 20.3 Å². The second-order valence-corrected chi connectivity index (χ2v) is 7.14. The molecule has 0 spiro atoms. The monoisotopic (exact) mass is 453 g/mol. The highest BCUT2D eigenvalue weighted by molar-refractivity contribution is 6.04. The first-order valence-corrected chi connectivity index (χ1v) is 9.70. The fourth-order valence-electron chi connectivity index (χ4n) is 2.92. The molecule has 0 aromatic carbocycles. The van der Waals surface area contributed by atoms with Gasteiger partial charge in [-0.1, -0.05) is 0 Å². The molecule has 0 aliphatic rings. The van der Waals surface area contributed by atoms with Gasteiger partial charge in [0.05, 0.1) is 43.2 Å². The van der Waals surface area contributed by atoms with Crippen LogP contribution in [-0.2, 0) is 6.54 Å². The van der Waals surface area contributed by atoms with E-state index in [4.69, 9.17) is 9.84 Å². The Morgan fingerprint density at radius 3 is 2.81 bits per heavy atom. The number of pyridine rings is 2. The number of fused-ring (bicyclic) bond motifs is 1. The van der Waals surface area contributed by atoms with Gasteiger partial charge in [-0.25, -0.2) is 4.98 Å². The van der Waals surface area contributed by atoms with Crippen LogP contribution in [0.4, 0.5) is 13.2 Å². The highest BCUT2D eigenvalue weighted by Crippen LogP contribution is 2.22. The van der Waals surface area contributed by atoms with Gasteiger partial charge in [0.15, 0.2) is 0 Å². The van der Waals surface area contributed by atoms with Crippen molar-refractivity contribution in [2.75, 3.05) is 19.8 Å². The first-order valence-electron chi connectivity index (χ1n) is 9.70.